The SMILES string of the molecule is CNCCC1=CS(=O)(=O)c2cccc(C)c21. The van der Waals surface area contributed by atoms with Crippen molar-refractivity contribution >= 4 is 15.4 Å². The van der Waals surface area contributed by atoms with Crippen molar-refractivity contribution in [3.05, 3.63) is 34.7 Å². The van der Waals surface area contributed by atoms with Crippen molar-refractivity contribution in [2.45, 2.75) is 18.2 Å². The lowest BCUT2D eigenvalue weighted by atomic mass is 10.00. The summed E-state index contributed by atoms with van der Waals surface area (Å²) >= 11 is 0. The van der Waals surface area contributed by atoms with Gasteiger partial charge in [0, 0.05) is 11.0 Å². The van der Waals surface area contributed by atoms with Crippen molar-refractivity contribution in [2.75, 3.05) is 13.6 Å². The fourth-order valence-corrected chi connectivity index (χ4v) is 3.62. The van der Waals surface area contributed by atoms with E-state index in [-0.39, 0.29) is 0 Å². The predicted molar refractivity (Wildman–Crippen MR) is 64.9 cm³/mol. The molecule has 1 N–H and O–H groups in total. The minimum atomic E-state index is -3.20. The molecule has 0 saturated heterocycles. The average molecular weight is 237 g/mol. The number of aryl methyl sites for hydroxylation is 1. The standard InChI is InChI=1S/C12H15NO2S/c1-9-4-3-5-11-12(9)10(6-7-13-2)8-16(11,14)15/h3-5,8,13H,6-7H2,1-2H3. The van der Waals surface area contributed by atoms with Crippen LogP contribution in [0.3, 0.4) is 0 Å². The van der Waals surface area contributed by atoms with Crippen LogP contribution in [-0.2, 0) is 9.84 Å². The number of nitrogens with one attached hydrogen (secondary N) is 1. The van der Waals surface area contributed by atoms with E-state index < -0.39 is 9.84 Å². The van der Waals surface area contributed by atoms with Gasteiger partial charge in [-0.3, -0.25) is 0 Å². The first-order valence-corrected chi connectivity index (χ1v) is 6.81. The predicted octanol–water partition coefficient (Wildman–Crippen LogP) is 1.73. The van der Waals surface area contributed by atoms with Crippen LogP contribution in [0.15, 0.2) is 28.5 Å². The molecule has 0 spiro atoms. The van der Waals surface area contributed by atoms with Crippen LogP contribution in [0.5, 0.6) is 0 Å². The van der Waals surface area contributed by atoms with Gasteiger partial charge in [0.25, 0.3) is 0 Å². The molecule has 86 valence electrons. The van der Waals surface area contributed by atoms with Crippen LogP contribution in [0, 0.1) is 6.92 Å². The molecule has 1 aliphatic heterocycles. The molecule has 0 atom stereocenters. The van der Waals surface area contributed by atoms with E-state index in [0.717, 1.165) is 29.7 Å². The maximum atomic E-state index is 11.9. The lowest BCUT2D eigenvalue weighted by Gasteiger charge is -2.07. The molecule has 0 amide bonds. The van der Waals surface area contributed by atoms with Crippen molar-refractivity contribution in [2.24, 2.45) is 0 Å². The Kier molecular flexibility index (Phi) is 2.86. The van der Waals surface area contributed by atoms with Gasteiger partial charge < -0.3 is 5.32 Å². The first kappa shape index (κ1) is 11.4. The van der Waals surface area contributed by atoms with E-state index in [9.17, 15) is 8.42 Å². The summed E-state index contributed by atoms with van der Waals surface area (Å²) < 4.78 is 23.8. The van der Waals surface area contributed by atoms with Crippen LogP contribution in [0.25, 0.3) is 5.57 Å². The Balaban J connectivity index is 2.53. The van der Waals surface area contributed by atoms with Crippen LogP contribution >= 0.6 is 0 Å². The largest absolute Gasteiger partial charge is 0.319 e. The molecule has 1 aromatic rings. The van der Waals surface area contributed by atoms with Crippen molar-refractivity contribution in [1.29, 1.82) is 0 Å². The monoisotopic (exact) mass is 237 g/mol. The summed E-state index contributed by atoms with van der Waals surface area (Å²) in [6.07, 6.45) is 0.744. The normalized spacial score (nSPS) is 17.0. The fraction of sp³-hybridized carbons (Fsp3) is 0.333. The zero-order valence-electron chi connectivity index (χ0n) is 9.45. The molecule has 16 heavy (non-hydrogen) atoms. The van der Waals surface area contributed by atoms with Gasteiger partial charge in [-0.2, -0.15) is 0 Å². The molecule has 1 aliphatic rings. The second-order valence-electron chi connectivity index (χ2n) is 3.99. The molecular formula is C12H15NO2S. The van der Waals surface area contributed by atoms with Crippen LogP contribution in [-0.4, -0.2) is 22.0 Å². The van der Waals surface area contributed by atoms with Gasteiger partial charge in [0.1, 0.15) is 0 Å². The lowest BCUT2D eigenvalue weighted by Crippen LogP contribution is -2.07. The third-order valence-corrected chi connectivity index (χ3v) is 4.35. The minimum absolute atomic E-state index is 0.457. The fourth-order valence-electron chi connectivity index (χ4n) is 2.04. The Labute approximate surface area is 96.1 Å². The molecule has 0 aliphatic carbocycles. The van der Waals surface area contributed by atoms with E-state index >= 15 is 0 Å². The Morgan fingerprint density at radius 3 is 2.75 bits per heavy atom. The number of sulfone groups is 1. The van der Waals surface area contributed by atoms with Crippen molar-refractivity contribution in [3.63, 3.8) is 0 Å². The quantitative estimate of drug-likeness (QED) is 0.871. The molecule has 1 aromatic carbocycles. The summed E-state index contributed by atoms with van der Waals surface area (Å²) in [5.74, 6) is 0. The molecule has 1 heterocycles. The average Bonchev–Trinajstić information content (AvgIpc) is 2.49. The molecule has 0 unspecified atom stereocenters. The Morgan fingerprint density at radius 1 is 1.31 bits per heavy atom. The number of hydrogen-bond donors (Lipinski definition) is 1. The van der Waals surface area contributed by atoms with Gasteiger partial charge in [0.2, 0.25) is 9.84 Å². The van der Waals surface area contributed by atoms with E-state index in [0.29, 0.717) is 4.90 Å². The molecule has 0 saturated carbocycles. The highest BCUT2D eigenvalue weighted by atomic mass is 32.2. The lowest BCUT2D eigenvalue weighted by molar-refractivity contribution is 0.605. The minimum Gasteiger partial charge on any atom is -0.319 e. The van der Waals surface area contributed by atoms with Crippen LogP contribution < -0.4 is 5.32 Å². The van der Waals surface area contributed by atoms with E-state index in [1.54, 1.807) is 12.1 Å². The van der Waals surface area contributed by atoms with Gasteiger partial charge in [0.15, 0.2) is 0 Å². The summed E-state index contributed by atoms with van der Waals surface area (Å²) in [6.45, 7) is 2.74. The number of benzene rings is 1. The molecule has 0 radical (unpaired) electrons. The zero-order valence-corrected chi connectivity index (χ0v) is 10.3. The number of rotatable bonds is 3. The Bertz CT molecular complexity index is 544. The van der Waals surface area contributed by atoms with Gasteiger partial charge in [-0.05, 0) is 44.1 Å². The molecular weight excluding hydrogens is 222 g/mol. The highest BCUT2D eigenvalue weighted by Gasteiger charge is 2.27. The van der Waals surface area contributed by atoms with E-state index in [2.05, 4.69) is 5.32 Å². The number of hydrogen-bond acceptors (Lipinski definition) is 3. The maximum Gasteiger partial charge on any atom is 0.200 e. The second kappa shape index (κ2) is 4.03. The van der Waals surface area contributed by atoms with Gasteiger partial charge in [-0.15, -0.1) is 0 Å². The van der Waals surface area contributed by atoms with Crippen molar-refractivity contribution in [1.82, 2.24) is 5.32 Å². The summed E-state index contributed by atoms with van der Waals surface area (Å²) in [5.41, 5.74) is 2.85. The van der Waals surface area contributed by atoms with Crippen LogP contribution in [0.4, 0.5) is 0 Å². The summed E-state index contributed by atoms with van der Waals surface area (Å²) in [6, 6.07) is 5.42. The summed E-state index contributed by atoms with van der Waals surface area (Å²) in [4.78, 5) is 0.457. The van der Waals surface area contributed by atoms with Gasteiger partial charge in [-0.1, -0.05) is 12.1 Å². The third kappa shape index (κ3) is 1.79. The molecule has 4 heteroatoms. The van der Waals surface area contributed by atoms with Crippen LogP contribution in [0.1, 0.15) is 17.5 Å². The highest BCUT2D eigenvalue weighted by molar-refractivity contribution is 7.95. The topological polar surface area (TPSA) is 46.2 Å². The van der Waals surface area contributed by atoms with Gasteiger partial charge >= 0.3 is 0 Å². The highest BCUT2D eigenvalue weighted by Crippen LogP contribution is 2.36. The first-order valence-electron chi connectivity index (χ1n) is 5.26. The first-order chi connectivity index (χ1) is 7.56. The number of fused-ring (bicyclic) bond motifs is 1. The van der Waals surface area contributed by atoms with E-state index in [1.165, 1.54) is 5.41 Å². The van der Waals surface area contributed by atoms with Crippen molar-refractivity contribution < 1.29 is 8.42 Å². The Morgan fingerprint density at radius 2 is 2.06 bits per heavy atom. The molecule has 2 rings (SSSR count). The third-order valence-electron chi connectivity index (χ3n) is 2.80. The zero-order chi connectivity index (χ0) is 11.8. The smallest absolute Gasteiger partial charge is 0.200 e. The van der Waals surface area contributed by atoms with Crippen LogP contribution in [0.2, 0.25) is 0 Å². The molecule has 0 bridgehead atoms. The summed E-state index contributed by atoms with van der Waals surface area (Å²) in [7, 11) is -1.33. The molecule has 0 fully saturated rings. The van der Waals surface area contributed by atoms with E-state index in [1.807, 2.05) is 20.0 Å². The van der Waals surface area contributed by atoms with Gasteiger partial charge in [0.05, 0.1) is 4.90 Å². The van der Waals surface area contributed by atoms with E-state index in [4.69, 9.17) is 0 Å². The molecule has 3 nitrogen and oxygen atoms in total. The molecule has 0 aromatic heterocycles. The van der Waals surface area contributed by atoms with Gasteiger partial charge in [-0.25, -0.2) is 8.42 Å². The van der Waals surface area contributed by atoms with Crippen molar-refractivity contribution in [3.8, 4) is 0 Å². The second-order valence-corrected chi connectivity index (χ2v) is 5.76. The maximum absolute atomic E-state index is 11.9. The Hall–Kier alpha value is -1.13. The summed E-state index contributed by atoms with van der Waals surface area (Å²) in [5, 5.41) is 4.44.